The van der Waals surface area contributed by atoms with Crippen LogP contribution in [0.1, 0.15) is 40.0 Å². The summed E-state index contributed by atoms with van der Waals surface area (Å²) in [6.45, 7) is 1.74. The minimum Gasteiger partial charge on any atom is -0.383 e. The summed E-state index contributed by atoms with van der Waals surface area (Å²) in [4.78, 5) is 49.8. The topological polar surface area (TPSA) is 154 Å². The second-order valence-corrected chi connectivity index (χ2v) is 7.13. The number of hydrogen-bond acceptors (Lipinski definition) is 9. The number of benzene rings is 1. The molecule has 2 aliphatic heterocycles. The third-order valence-corrected chi connectivity index (χ3v) is 4.91. The van der Waals surface area contributed by atoms with Crippen LogP contribution in [0, 0.1) is 0 Å². The molecule has 4 N–H and O–H groups in total. The number of carbonyl (C=O) groups is 4. The van der Waals surface area contributed by atoms with Crippen molar-refractivity contribution in [2.75, 3.05) is 38.3 Å². The first-order chi connectivity index (χ1) is 14.9. The van der Waals surface area contributed by atoms with Gasteiger partial charge in [-0.2, -0.15) is 0 Å². The molecule has 11 heteroatoms. The highest BCUT2D eigenvalue weighted by atomic mass is 16.5. The van der Waals surface area contributed by atoms with Crippen molar-refractivity contribution in [3.63, 3.8) is 0 Å². The van der Waals surface area contributed by atoms with E-state index in [1.54, 1.807) is 12.1 Å². The standard InChI is InChI=1S/C20H25N3O8/c24-16-4-3-15(18(27)22-16)23-19(28)13-2-1-12(11-14(13)20(23)29)21-6-8-31-10-9-30-7-5-17(25)26/h1-2,11,15,17,21,25-26H,3-10H2,(H,22,24,27). The molecular weight excluding hydrogens is 410 g/mol. The molecule has 1 aromatic rings. The van der Waals surface area contributed by atoms with Gasteiger partial charge in [-0.25, -0.2) is 0 Å². The lowest BCUT2D eigenvalue weighted by Gasteiger charge is -2.27. The maximum Gasteiger partial charge on any atom is 0.262 e. The average molecular weight is 435 g/mol. The zero-order valence-electron chi connectivity index (χ0n) is 16.8. The maximum absolute atomic E-state index is 12.8. The number of nitrogens with zero attached hydrogens (tertiary/aromatic N) is 1. The Morgan fingerprint density at radius 1 is 1.03 bits per heavy atom. The molecule has 31 heavy (non-hydrogen) atoms. The van der Waals surface area contributed by atoms with Crippen LogP contribution >= 0.6 is 0 Å². The molecular formula is C20H25N3O8. The van der Waals surface area contributed by atoms with Crippen molar-refractivity contribution in [2.45, 2.75) is 31.6 Å². The lowest BCUT2D eigenvalue weighted by atomic mass is 10.0. The summed E-state index contributed by atoms with van der Waals surface area (Å²) in [7, 11) is 0. The van der Waals surface area contributed by atoms with Crippen molar-refractivity contribution in [2.24, 2.45) is 0 Å². The van der Waals surface area contributed by atoms with E-state index in [0.717, 1.165) is 4.90 Å². The number of amides is 4. The van der Waals surface area contributed by atoms with Crippen LogP contribution in [-0.4, -0.2) is 84.0 Å². The number of anilines is 1. The van der Waals surface area contributed by atoms with Crippen molar-refractivity contribution in [1.82, 2.24) is 10.2 Å². The fourth-order valence-corrected chi connectivity index (χ4v) is 3.36. The van der Waals surface area contributed by atoms with Crippen LogP contribution in [0.15, 0.2) is 18.2 Å². The molecule has 0 bridgehead atoms. The van der Waals surface area contributed by atoms with Gasteiger partial charge in [0.25, 0.3) is 11.8 Å². The number of carbonyl (C=O) groups excluding carboxylic acids is 4. The van der Waals surface area contributed by atoms with Gasteiger partial charge in [-0.15, -0.1) is 0 Å². The molecule has 0 spiro atoms. The van der Waals surface area contributed by atoms with Gasteiger partial charge in [0.2, 0.25) is 11.8 Å². The molecule has 1 fully saturated rings. The predicted octanol–water partition coefficient (Wildman–Crippen LogP) is -0.766. The number of aliphatic hydroxyl groups is 2. The van der Waals surface area contributed by atoms with Gasteiger partial charge in [0, 0.05) is 25.1 Å². The predicted molar refractivity (Wildman–Crippen MR) is 106 cm³/mol. The van der Waals surface area contributed by atoms with Crippen molar-refractivity contribution in [3.05, 3.63) is 29.3 Å². The van der Waals surface area contributed by atoms with Gasteiger partial charge in [0.05, 0.1) is 37.6 Å². The summed E-state index contributed by atoms with van der Waals surface area (Å²) < 4.78 is 10.6. The van der Waals surface area contributed by atoms with E-state index in [9.17, 15) is 19.2 Å². The van der Waals surface area contributed by atoms with Gasteiger partial charge in [-0.1, -0.05) is 0 Å². The number of nitrogens with one attached hydrogen (secondary N) is 2. The highest BCUT2D eigenvalue weighted by Crippen LogP contribution is 2.29. The van der Waals surface area contributed by atoms with E-state index in [4.69, 9.17) is 19.7 Å². The van der Waals surface area contributed by atoms with Crippen molar-refractivity contribution < 1.29 is 38.9 Å². The molecule has 0 saturated carbocycles. The largest absolute Gasteiger partial charge is 0.383 e. The molecule has 2 aliphatic rings. The van der Waals surface area contributed by atoms with Gasteiger partial charge >= 0.3 is 0 Å². The number of imide groups is 2. The average Bonchev–Trinajstić information content (AvgIpc) is 2.97. The fraction of sp³-hybridized carbons (Fsp3) is 0.500. The molecule has 4 amide bonds. The van der Waals surface area contributed by atoms with Crippen LogP contribution in [-0.2, 0) is 19.1 Å². The van der Waals surface area contributed by atoms with E-state index < -0.39 is 36.0 Å². The Kier molecular flexibility index (Phi) is 7.69. The minimum atomic E-state index is -1.38. The highest BCUT2D eigenvalue weighted by molar-refractivity contribution is 6.23. The summed E-state index contributed by atoms with van der Waals surface area (Å²) in [5, 5.41) is 22.6. The molecule has 2 heterocycles. The molecule has 0 aromatic heterocycles. The zero-order chi connectivity index (χ0) is 22.4. The summed E-state index contributed by atoms with van der Waals surface area (Å²) >= 11 is 0. The fourth-order valence-electron chi connectivity index (χ4n) is 3.36. The molecule has 1 atom stereocenters. The van der Waals surface area contributed by atoms with E-state index >= 15 is 0 Å². The Hall–Kier alpha value is -2.86. The van der Waals surface area contributed by atoms with E-state index in [-0.39, 0.29) is 37.0 Å². The Labute approximate surface area is 178 Å². The number of aliphatic hydroxyl groups excluding tert-OH is 1. The van der Waals surface area contributed by atoms with Gasteiger partial charge in [-0.3, -0.25) is 29.4 Å². The number of rotatable bonds is 11. The number of ether oxygens (including phenoxy) is 2. The van der Waals surface area contributed by atoms with Gasteiger partial charge in [-0.05, 0) is 24.6 Å². The van der Waals surface area contributed by atoms with Crippen LogP contribution in [0.4, 0.5) is 5.69 Å². The number of hydrogen-bond donors (Lipinski definition) is 4. The number of fused-ring (bicyclic) bond motifs is 1. The molecule has 3 rings (SSSR count). The summed E-state index contributed by atoms with van der Waals surface area (Å²) in [6, 6.07) is 3.78. The van der Waals surface area contributed by atoms with Gasteiger partial charge in [0.1, 0.15) is 6.04 Å². The lowest BCUT2D eigenvalue weighted by Crippen LogP contribution is -2.54. The van der Waals surface area contributed by atoms with Crippen LogP contribution in [0.25, 0.3) is 0 Å². The van der Waals surface area contributed by atoms with E-state index in [1.807, 2.05) is 0 Å². The first-order valence-corrected chi connectivity index (χ1v) is 9.99. The Bertz CT molecular complexity index is 857. The van der Waals surface area contributed by atoms with Gasteiger partial charge < -0.3 is 25.0 Å². The molecule has 1 aromatic carbocycles. The quantitative estimate of drug-likeness (QED) is 0.199. The number of piperidine rings is 1. The van der Waals surface area contributed by atoms with E-state index in [0.29, 0.717) is 32.1 Å². The minimum absolute atomic E-state index is 0.0745. The molecule has 0 aliphatic carbocycles. The highest BCUT2D eigenvalue weighted by Gasteiger charge is 2.44. The van der Waals surface area contributed by atoms with Crippen LogP contribution in [0.5, 0.6) is 0 Å². The molecule has 1 saturated heterocycles. The normalized spacial score (nSPS) is 18.5. The first-order valence-electron chi connectivity index (χ1n) is 9.99. The summed E-state index contributed by atoms with van der Waals surface area (Å²) in [5.74, 6) is -2.16. The van der Waals surface area contributed by atoms with Crippen LogP contribution in [0.3, 0.4) is 0 Å². The van der Waals surface area contributed by atoms with Crippen LogP contribution < -0.4 is 10.6 Å². The van der Waals surface area contributed by atoms with E-state index in [2.05, 4.69) is 10.6 Å². The monoisotopic (exact) mass is 435 g/mol. The van der Waals surface area contributed by atoms with Crippen molar-refractivity contribution in [3.8, 4) is 0 Å². The summed E-state index contributed by atoms with van der Waals surface area (Å²) in [6.07, 6.45) is -1.05. The van der Waals surface area contributed by atoms with E-state index in [1.165, 1.54) is 6.07 Å². The maximum atomic E-state index is 12.8. The third kappa shape index (κ3) is 5.64. The second-order valence-electron chi connectivity index (χ2n) is 7.13. The lowest BCUT2D eigenvalue weighted by molar-refractivity contribution is -0.136. The van der Waals surface area contributed by atoms with Crippen molar-refractivity contribution in [1.29, 1.82) is 0 Å². The first kappa shape index (κ1) is 22.8. The Morgan fingerprint density at radius 3 is 2.45 bits per heavy atom. The zero-order valence-corrected chi connectivity index (χ0v) is 16.8. The molecule has 1 unspecified atom stereocenters. The Balaban J connectivity index is 1.47. The second kappa shape index (κ2) is 10.4. The Morgan fingerprint density at radius 2 is 1.74 bits per heavy atom. The van der Waals surface area contributed by atoms with Crippen LogP contribution in [0.2, 0.25) is 0 Å². The third-order valence-electron chi connectivity index (χ3n) is 4.91. The van der Waals surface area contributed by atoms with Gasteiger partial charge in [0.15, 0.2) is 6.29 Å². The SMILES string of the molecule is O=C1CCC(N2C(=O)c3ccc(NCCOCCOCCC(O)O)cc3C2=O)C(=O)N1. The molecule has 11 nitrogen and oxygen atoms in total. The van der Waals surface area contributed by atoms with Crippen molar-refractivity contribution >= 4 is 29.3 Å². The molecule has 168 valence electrons. The molecule has 0 radical (unpaired) electrons. The summed E-state index contributed by atoms with van der Waals surface area (Å²) in [5.41, 5.74) is 1.06. The smallest absolute Gasteiger partial charge is 0.262 e.